The minimum Gasteiger partial charge on any atom is -0.496 e. The van der Waals surface area contributed by atoms with Crippen molar-refractivity contribution in [1.29, 1.82) is 0 Å². The first-order valence-corrected chi connectivity index (χ1v) is 5.22. The lowest BCUT2D eigenvalue weighted by Crippen LogP contribution is -2.20. The zero-order valence-corrected chi connectivity index (χ0v) is 9.62. The molecule has 0 aliphatic rings. The summed E-state index contributed by atoms with van der Waals surface area (Å²) in [5.41, 5.74) is 1.09. The van der Waals surface area contributed by atoms with E-state index in [9.17, 15) is 0 Å². The van der Waals surface area contributed by atoms with E-state index in [1.54, 1.807) is 7.11 Å². The number of benzene rings is 1. The molecule has 1 aromatic rings. The highest BCUT2D eigenvalue weighted by Crippen LogP contribution is 2.26. The van der Waals surface area contributed by atoms with Gasteiger partial charge in [0.15, 0.2) is 0 Å². The number of ether oxygens (including phenoxy) is 2. The van der Waals surface area contributed by atoms with E-state index in [1.807, 2.05) is 38.2 Å². The van der Waals surface area contributed by atoms with Gasteiger partial charge in [0.25, 0.3) is 0 Å². The minimum atomic E-state index is 0.0520. The van der Waals surface area contributed by atoms with E-state index in [4.69, 9.17) is 9.47 Å². The predicted octanol–water partition coefficient (Wildman–Crippen LogP) is 1.99. The molecule has 0 bridgehead atoms. The smallest absolute Gasteiger partial charge is 0.124 e. The highest BCUT2D eigenvalue weighted by Gasteiger charge is 2.14. The first kappa shape index (κ1) is 12.0. The van der Waals surface area contributed by atoms with Crippen molar-refractivity contribution in [2.75, 3.05) is 27.3 Å². The molecule has 0 unspecified atom stereocenters. The van der Waals surface area contributed by atoms with Gasteiger partial charge in [-0.15, -0.1) is 0 Å². The number of methoxy groups -OCH3 is 1. The number of likely N-dealkylation sites (N-methyl/N-ethyl adjacent to an activating group) is 1. The summed E-state index contributed by atoms with van der Waals surface area (Å²) < 4.78 is 11.0. The van der Waals surface area contributed by atoms with Crippen molar-refractivity contribution >= 4 is 0 Å². The van der Waals surface area contributed by atoms with Crippen LogP contribution in [-0.2, 0) is 4.74 Å². The number of hydrogen-bond acceptors (Lipinski definition) is 3. The van der Waals surface area contributed by atoms with E-state index in [1.165, 1.54) is 0 Å². The summed E-state index contributed by atoms with van der Waals surface area (Å²) >= 11 is 0. The molecule has 3 nitrogen and oxygen atoms in total. The second kappa shape index (κ2) is 6.43. The lowest BCUT2D eigenvalue weighted by atomic mass is 10.1. The fourth-order valence-electron chi connectivity index (χ4n) is 1.58. The monoisotopic (exact) mass is 209 g/mol. The Morgan fingerprint density at radius 2 is 2.07 bits per heavy atom. The Balaban J connectivity index is 2.88. The van der Waals surface area contributed by atoms with Crippen molar-refractivity contribution in [1.82, 2.24) is 5.32 Å². The van der Waals surface area contributed by atoms with E-state index in [0.29, 0.717) is 6.61 Å². The van der Waals surface area contributed by atoms with Gasteiger partial charge in [0.05, 0.1) is 13.2 Å². The van der Waals surface area contributed by atoms with Crippen molar-refractivity contribution in [2.24, 2.45) is 0 Å². The predicted molar refractivity (Wildman–Crippen MR) is 61.3 cm³/mol. The SMILES string of the molecule is CCO[C@@H](CNC)c1ccccc1OC. The van der Waals surface area contributed by atoms with Crippen LogP contribution in [0.4, 0.5) is 0 Å². The molecule has 0 aromatic heterocycles. The van der Waals surface area contributed by atoms with Gasteiger partial charge in [-0.2, -0.15) is 0 Å². The fraction of sp³-hybridized carbons (Fsp3) is 0.500. The fourth-order valence-corrected chi connectivity index (χ4v) is 1.58. The van der Waals surface area contributed by atoms with Gasteiger partial charge in [0, 0.05) is 18.7 Å². The van der Waals surface area contributed by atoms with Gasteiger partial charge in [-0.25, -0.2) is 0 Å². The van der Waals surface area contributed by atoms with Gasteiger partial charge >= 0.3 is 0 Å². The van der Waals surface area contributed by atoms with Gasteiger partial charge in [0.1, 0.15) is 5.75 Å². The number of hydrogen-bond donors (Lipinski definition) is 1. The van der Waals surface area contributed by atoms with Crippen LogP contribution in [0.3, 0.4) is 0 Å². The van der Waals surface area contributed by atoms with Crippen molar-refractivity contribution in [3.05, 3.63) is 29.8 Å². The lowest BCUT2D eigenvalue weighted by Gasteiger charge is -2.19. The minimum absolute atomic E-state index is 0.0520. The maximum absolute atomic E-state index is 5.67. The van der Waals surface area contributed by atoms with Crippen LogP contribution in [0.2, 0.25) is 0 Å². The highest BCUT2D eigenvalue weighted by molar-refractivity contribution is 5.35. The van der Waals surface area contributed by atoms with Gasteiger partial charge in [-0.1, -0.05) is 18.2 Å². The Morgan fingerprint density at radius 1 is 1.33 bits per heavy atom. The summed E-state index contributed by atoms with van der Waals surface area (Å²) in [5.74, 6) is 0.881. The number of rotatable bonds is 6. The Morgan fingerprint density at radius 3 is 2.67 bits per heavy atom. The molecule has 3 heteroatoms. The third-order valence-corrected chi connectivity index (χ3v) is 2.24. The summed E-state index contributed by atoms with van der Waals surface area (Å²) in [5, 5.41) is 3.12. The molecule has 0 radical (unpaired) electrons. The molecule has 0 aliphatic heterocycles. The molecule has 1 atom stereocenters. The quantitative estimate of drug-likeness (QED) is 0.777. The Hall–Kier alpha value is -1.06. The zero-order valence-electron chi connectivity index (χ0n) is 9.62. The molecule has 0 saturated heterocycles. The zero-order chi connectivity index (χ0) is 11.1. The van der Waals surface area contributed by atoms with Gasteiger partial charge in [-0.05, 0) is 20.0 Å². The van der Waals surface area contributed by atoms with Crippen LogP contribution in [-0.4, -0.2) is 27.3 Å². The molecule has 0 amide bonds. The van der Waals surface area contributed by atoms with Gasteiger partial charge < -0.3 is 14.8 Å². The van der Waals surface area contributed by atoms with E-state index in [-0.39, 0.29) is 6.10 Å². The molecule has 1 N–H and O–H groups in total. The summed E-state index contributed by atoms with van der Waals surface area (Å²) in [4.78, 5) is 0. The van der Waals surface area contributed by atoms with Crippen LogP contribution in [0.1, 0.15) is 18.6 Å². The molecule has 0 spiro atoms. The summed E-state index contributed by atoms with van der Waals surface area (Å²) in [6, 6.07) is 7.96. The molecular formula is C12H19NO2. The topological polar surface area (TPSA) is 30.5 Å². The second-order valence-corrected chi connectivity index (χ2v) is 3.24. The maximum atomic E-state index is 5.67. The van der Waals surface area contributed by atoms with E-state index in [0.717, 1.165) is 17.9 Å². The summed E-state index contributed by atoms with van der Waals surface area (Å²) in [6.45, 7) is 3.48. The Labute approximate surface area is 91.4 Å². The van der Waals surface area contributed by atoms with Crippen molar-refractivity contribution in [2.45, 2.75) is 13.0 Å². The van der Waals surface area contributed by atoms with Gasteiger partial charge in [0.2, 0.25) is 0 Å². The average molecular weight is 209 g/mol. The molecule has 1 rings (SSSR count). The second-order valence-electron chi connectivity index (χ2n) is 3.24. The van der Waals surface area contributed by atoms with Crippen LogP contribution in [0, 0.1) is 0 Å². The standard InChI is InChI=1S/C12H19NO2/c1-4-15-12(9-13-2)10-7-5-6-8-11(10)14-3/h5-8,12-13H,4,9H2,1-3H3/t12-/m0/s1. The highest BCUT2D eigenvalue weighted by atomic mass is 16.5. The van der Waals surface area contributed by atoms with Crippen LogP contribution >= 0.6 is 0 Å². The third kappa shape index (κ3) is 3.22. The third-order valence-electron chi connectivity index (χ3n) is 2.24. The molecule has 15 heavy (non-hydrogen) atoms. The maximum Gasteiger partial charge on any atom is 0.124 e. The van der Waals surface area contributed by atoms with Gasteiger partial charge in [-0.3, -0.25) is 0 Å². The first-order valence-electron chi connectivity index (χ1n) is 5.22. The first-order chi connectivity index (χ1) is 7.33. The lowest BCUT2D eigenvalue weighted by molar-refractivity contribution is 0.0620. The van der Waals surface area contributed by atoms with E-state index in [2.05, 4.69) is 5.32 Å². The van der Waals surface area contributed by atoms with E-state index >= 15 is 0 Å². The molecule has 0 saturated carbocycles. The van der Waals surface area contributed by atoms with Crippen molar-refractivity contribution in [3.63, 3.8) is 0 Å². The summed E-state index contributed by atoms with van der Waals surface area (Å²) in [7, 11) is 3.60. The Kier molecular flexibility index (Phi) is 5.15. The molecular weight excluding hydrogens is 190 g/mol. The number of nitrogens with one attached hydrogen (secondary N) is 1. The largest absolute Gasteiger partial charge is 0.496 e. The van der Waals surface area contributed by atoms with Crippen LogP contribution in [0.15, 0.2) is 24.3 Å². The molecule has 1 aromatic carbocycles. The molecule has 0 heterocycles. The average Bonchev–Trinajstić information content (AvgIpc) is 2.29. The van der Waals surface area contributed by atoms with Crippen LogP contribution in [0.5, 0.6) is 5.75 Å². The van der Waals surface area contributed by atoms with Crippen LogP contribution in [0.25, 0.3) is 0 Å². The molecule has 84 valence electrons. The van der Waals surface area contributed by atoms with Crippen LogP contribution < -0.4 is 10.1 Å². The molecule has 0 fully saturated rings. The van der Waals surface area contributed by atoms with E-state index < -0.39 is 0 Å². The normalized spacial score (nSPS) is 12.5. The molecule has 0 aliphatic carbocycles. The Bertz CT molecular complexity index is 283. The van der Waals surface area contributed by atoms with Crippen molar-refractivity contribution in [3.8, 4) is 5.75 Å². The number of para-hydroxylation sites is 1. The summed E-state index contributed by atoms with van der Waals surface area (Å²) in [6.07, 6.45) is 0.0520. The van der Waals surface area contributed by atoms with Crippen molar-refractivity contribution < 1.29 is 9.47 Å².